The zero-order valence-corrected chi connectivity index (χ0v) is 19.1. The van der Waals surface area contributed by atoms with Gasteiger partial charge in [0.25, 0.3) is 11.8 Å². The lowest BCUT2D eigenvalue weighted by molar-refractivity contribution is -0.126. The molecule has 164 valence electrons. The van der Waals surface area contributed by atoms with Gasteiger partial charge < -0.3 is 9.80 Å². The van der Waals surface area contributed by atoms with Crippen LogP contribution >= 0.6 is 0 Å². The van der Waals surface area contributed by atoms with Crippen molar-refractivity contribution in [2.45, 2.75) is 40.5 Å². The smallest absolute Gasteiger partial charge is 0.254 e. The predicted octanol–water partition coefficient (Wildman–Crippen LogP) is 4.91. The summed E-state index contributed by atoms with van der Waals surface area (Å²) in [5.74, 6) is -0.214. The number of rotatable bonds is 11. The summed E-state index contributed by atoms with van der Waals surface area (Å²) in [6.45, 7) is 13.6. The molecule has 0 fully saturated rings. The van der Waals surface area contributed by atoms with Crippen molar-refractivity contribution in [2.24, 2.45) is 0 Å². The number of nitrogens with zero attached hydrogens (tertiary/aromatic N) is 2. The second kappa shape index (κ2) is 15.9. The van der Waals surface area contributed by atoms with Gasteiger partial charge in [-0.25, -0.2) is 0 Å². The van der Waals surface area contributed by atoms with E-state index in [0.29, 0.717) is 42.5 Å². The number of carbonyl (C=O) groups excluding carboxylic acids is 3. The van der Waals surface area contributed by atoms with Gasteiger partial charge in [-0.2, -0.15) is 0 Å². The van der Waals surface area contributed by atoms with Gasteiger partial charge in [-0.05, 0) is 31.9 Å². The molecule has 1 aromatic carbocycles. The molecule has 0 heterocycles. The lowest BCUT2D eigenvalue weighted by atomic mass is 10.1. The Morgan fingerprint density at radius 1 is 1.10 bits per heavy atom. The van der Waals surface area contributed by atoms with E-state index in [1.54, 1.807) is 53.3 Å². The van der Waals surface area contributed by atoms with Crippen molar-refractivity contribution in [1.29, 1.82) is 0 Å². The number of benzene rings is 1. The summed E-state index contributed by atoms with van der Waals surface area (Å²) in [5.41, 5.74) is 1.34. The quantitative estimate of drug-likeness (QED) is 0.295. The molecule has 0 aliphatic carbocycles. The molecular weight excluding hydrogens is 376 g/mol. The van der Waals surface area contributed by atoms with E-state index < -0.39 is 0 Å². The van der Waals surface area contributed by atoms with Crippen molar-refractivity contribution in [2.75, 3.05) is 26.7 Å². The molecule has 30 heavy (non-hydrogen) atoms. The molecule has 0 N–H and O–H groups in total. The van der Waals surface area contributed by atoms with Crippen molar-refractivity contribution in [3.8, 4) is 0 Å². The van der Waals surface area contributed by atoms with Crippen LogP contribution in [0.5, 0.6) is 0 Å². The van der Waals surface area contributed by atoms with Crippen LogP contribution in [-0.4, -0.2) is 54.6 Å². The van der Waals surface area contributed by atoms with E-state index in [0.717, 1.165) is 13.0 Å². The lowest BCUT2D eigenvalue weighted by Gasteiger charge is -2.20. The van der Waals surface area contributed by atoms with E-state index >= 15 is 0 Å². The summed E-state index contributed by atoms with van der Waals surface area (Å²) in [6, 6.07) is 6.75. The van der Waals surface area contributed by atoms with Crippen LogP contribution < -0.4 is 0 Å². The highest BCUT2D eigenvalue weighted by Crippen LogP contribution is 2.10. The molecule has 0 bridgehead atoms. The molecule has 2 amide bonds. The van der Waals surface area contributed by atoms with Crippen molar-refractivity contribution in [3.05, 3.63) is 71.8 Å². The van der Waals surface area contributed by atoms with Crippen LogP contribution in [0.15, 0.2) is 60.7 Å². The van der Waals surface area contributed by atoms with E-state index in [-0.39, 0.29) is 11.8 Å². The average Bonchev–Trinajstić information content (AvgIpc) is 2.79. The molecule has 5 heteroatoms. The van der Waals surface area contributed by atoms with Crippen molar-refractivity contribution in [3.63, 3.8) is 0 Å². The Balaban J connectivity index is 0.00000407. The van der Waals surface area contributed by atoms with Gasteiger partial charge >= 0.3 is 0 Å². The monoisotopic (exact) mass is 412 g/mol. The summed E-state index contributed by atoms with van der Waals surface area (Å²) in [5, 5.41) is 0. The van der Waals surface area contributed by atoms with Crippen molar-refractivity contribution < 1.29 is 14.4 Å². The molecule has 1 aromatic rings. The second-order valence-electron chi connectivity index (χ2n) is 6.36. The molecule has 0 saturated heterocycles. The second-order valence-corrected chi connectivity index (χ2v) is 6.36. The Labute approximate surface area is 181 Å². The van der Waals surface area contributed by atoms with E-state index in [1.165, 1.54) is 0 Å². The zero-order valence-electron chi connectivity index (χ0n) is 19.1. The molecule has 0 aromatic heterocycles. The number of hydrogen-bond acceptors (Lipinski definition) is 3. The van der Waals surface area contributed by atoms with Gasteiger partial charge in [-0.1, -0.05) is 63.8 Å². The maximum Gasteiger partial charge on any atom is 0.254 e. The summed E-state index contributed by atoms with van der Waals surface area (Å²) in [4.78, 5) is 39.4. The molecule has 0 atom stereocenters. The predicted molar refractivity (Wildman–Crippen MR) is 125 cm³/mol. The van der Waals surface area contributed by atoms with Gasteiger partial charge in [-0.3, -0.25) is 14.4 Å². The van der Waals surface area contributed by atoms with Crippen LogP contribution in [0, 0.1) is 0 Å². The molecule has 0 radical (unpaired) electrons. The van der Waals surface area contributed by atoms with Gasteiger partial charge in [0.2, 0.25) is 0 Å². The normalized spacial score (nSPS) is 10.8. The Morgan fingerprint density at radius 3 is 2.33 bits per heavy atom. The lowest BCUT2D eigenvalue weighted by Crippen LogP contribution is -2.32. The summed E-state index contributed by atoms with van der Waals surface area (Å²) in [7, 11) is 1.70. The third-order valence-corrected chi connectivity index (χ3v) is 4.34. The van der Waals surface area contributed by atoms with Gasteiger partial charge in [0.1, 0.15) is 0 Å². The fourth-order valence-electron chi connectivity index (χ4n) is 2.72. The number of allylic oxidation sites excluding steroid dienone is 2. The first-order chi connectivity index (χ1) is 14.5. The van der Waals surface area contributed by atoms with E-state index in [4.69, 9.17) is 0 Å². The highest BCUT2D eigenvalue weighted by atomic mass is 16.2. The van der Waals surface area contributed by atoms with Crippen LogP contribution in [0.4, 0.5) is 0 Å². The Hall–Kier alpha value is -2.95. The van der Waals surface area contributed by atoms with Crippen LogP contribution in [0.3, 0.4) is 0 Å². The molecule has 0 saturated carbocycles. The number of hydrogen-bond donors (Lipinski definition) is 0. The Bertz CT molecular complexity index is 751. The minimum atomic E-state index is -0.188. The highest BCUT2D eigenvalue weighted by molar-refractivity contribution is 6.01. The Kier molecular flexibility index (Phi) is 14.3. The van der Waals surface area contributed by atoms with Crippen molar-refractivity contribution in [1.82, 2.24) is 9.80 Å². The molecule has 5 nitrogen and oxygen atoms in total. The molecular formula is C25H36N2O3. The van der Waals surface area contributed by atoms with Crippen LogP contribution in [0.25, 0.3) is 0 Å². The third kappa shape index (κ3) is 8.60. The summed E-state index contributed by atoms with van der Waals surface area (Å²) >= 11 is 0. The average molecular weight is 413 g/mol. The third-order valence-electron chi connectivity index (χ3n) is 4.34. The number of carbonyl (C=O) groups is 3. The minimum Gasteiger partial charge on any atom is -0.341 e. The SMILES string of the molecule is C=C/C(=C\C=C/CCN(C)C(=O)c1ccccc1C=O)C(=O)N(CC)CCC.CC. The van der Waals surface area contributed by atoms with Gasteiger partial charge in [0.05, 0.1) is 5.56 Å². The molecule has 0 aliphatic heterocycles. The molecule has 0 aliphatic rings. The first-order valence-corrected chi connectivity index (χ1v) is 10.6. The fraction of sp³-hybridized carbons (Fsp3) is 0.400. The van der Waals surface area contributed by atoms with E-state index in [9.17, 15) is 14.4 Å². The van der Waals surface area contributed by atoms with Crippen molar-refractivity contribution >= 4 is 18.1 Å². The maximum atomic E-state index is 12.5. The Morgan fingerprint density at radius 2 is 1.77 bits per heavy atom. The molecule has 1 rings (SSSR count). The summed E-state index contributed by atoms with van der Waals surface area (Å²) < 4.78 is 0. The topological polar surface area (TPSA) is 57.7 Å². The standard InChI is InChI=1S/C23H30N2O3.C2H6/c1-5-16-25(7-3)22(27)19(6-2)13-9-8-12-17-24(4)23(28)21-15-11-10-14-20(21)18-26;1-2/h6,8-11,13-15,18H,2,5,7,12,16-17H2,1,3-4H3;1-2H3/b9-8-,19-13+;. The molecule has 0 unspecified atom stereocenters. The van der Waals surface area contributed by atoms with E-state index in [2.05, 4.69) is 6.58 Å². The fourth-order valence-corrected chi connectivity index (χ4v) is 2.72. The van der Waals surface area contributed by atoms with Crippen LogP contribution in [0.1, 0.15) is 61.3 Å². The number of amides is 2. The van der Waals surface area contributed by atoms with Gasteiger partial charge in [-0.15, -0.1) is 0 Å². The van der Waals surface area contributed by atoms with Crippen LogP contribution in [-0.2, 0) is 4.79 Å². The number of aldehydes is 1. The maximum absolute atomic E-state index is 12.5. The first kappa shape index (κ1) is 27.0. The first-order valence-electron chi connectivity index (χ1n) is 10.6. The zero-order chi connectivity index (χ0) is 22.9. The number of likely N-dealkylation sites (N-methyl/N-ethyl adjacent to an activating group) is 1. The van der Waals surface area contributed by atoms with Crippen LogP contribution in [0.2, 0.25) is 0 Å². The van der Waals surface area contributed by atoms with Gasteiger partial charge in [0, 0.05) is 37.8 Å². The van der Waals surface area contributed by atoms with E-state index in [1.807, 2.05) is 39.8 Å². The largest absolute Gasteiger partial charge is 0.341 e. The highest BCUT2D eigenvalue weighted by Gasteiger charge is 2.14. The summed E-state index contributed by atoms with van der Waals surface area (Å²) in [6.07, 6.45) is 9.26. The molecule has 0 spiro atoms. The minimum absolute atomic E-state index is 0.0261. The van der Waals surface area contributed by atoms with Gasteiger partial charge in [0.15, 0.2) is 6.29 Å².